The topological polar surface area (TPSA) is 75.3 Å². The minimum absolute atomic E-state index is 0.0718. The third-order valence-corrected chi connectivity index (χ3v) is 1.92. The molecule has 5 nitrogen and oxygen atoms in total. The van der Waals surface area contributed by atoms with E-state index in [0.29, 0.717) is 25.5 Å². The van der Waals surface area contributed by atoms with E-state index in [1.807, 2.05) is 4.90 Å². The van der Waals surface area contributed by atoms with Gasteiger partial charge in [-0.15, -0.1) is 6.58 Å². The smallest absolute Gasteiger partial charge is 0.147 e. The first-order valence-corrected chi connectivity index (χ1v) is 4.79. The Hall–Kier alpha value is -1.46. The van der Waals surface area contributed by atoms with Crippen LogP contribution >= 0.6 is 0 Å². The Labute approximate surface area is 89.3 Å². The molecule has 0 saturated heterocycles. The summed E-state index contributed by atoms with van der Waals surface area (Å²) in [5, 5.41) is 8.90. The van der Waals surface area contributed by atoms with Crippen LogP contribution in [0.3, 0.4) is 0 Å². The average molecular weight is 208 g/mol. The van der Waals surface area contributed by atoms with Gasteiger partial charge in [0.05, 0.1) is 18.5 Å². The van der Waals surface area contributed by atoms with Gasteiger partial charge in [-0.05, 0) is 0 Å². The summed E-state index contributed by atoms with van der Waals surface area (Å²) in [6.07, 6.45) is 5.04. The highest BCUT2D eigenvalue weighted by atomic mass is 16.3. The minimum Gasteiger partial charge on any atom is -0.395 e. The SMILES string of the molecule is C=CCN(CCO)c1cncc(CN)n1. The third-order valence-electron chi connectivity index (χ3n) is 1.92. The number of hydrogen-bond donors (Lipinski definition) is 2. The number of hydrogen-bond acceptors (Lipinski definition) is 5. The van der Waals surface area contributed by atoms with Gasteiger partial charge in [0.1, 0.15) is 5.82 Å². The highest BCUT2D eigenvalue weighted by molar-refractivity contribution is 5.37. The van der Waals surface area contributed by atoms with E-state index in [1.165, 1.54) is 0 Å². The van der Waals surface area contributed by atoms with Gasteiger partial charge in [-0.1, -0.05) is 6.08 Å². The van der Waals surface area contributed by atoms with Gasteiger partial charge in [0.2, 0.25) is 0 Å². The van der Waals surface area contributed by atoms with Gasteiger partial charge in [-0.3, -0.25) is 4.98 Å². The molecule has 0 atom stereocenters. The molecule has 0 spiro atoms. The Bertz CT molecular complexity index is 316. The zero-order valence-corrected chi connectivity index (χ0v) is 8.63. The zero-order chi connectivity index (χ0) is 11.1. The van der Waals surface area contributed by atoms with Crippen LogP contribution in [0.4, 0.5) is 5.82 Å². The summed E-state index contributed by atoms with van der Waals surface area (Å²) in [6, 6.07) is 0. The number of aromatic nitrogens is 2. The second kappa shape index (κ2) is 6.10. The van der Waals surface area contributed by atoms with Crippen molar-refractivity contribution < 1.29 is 5.11 Å². The molecule has 1 aromatic heterocycles. The second-order valence-electron chi connectivity index (χ2n) is 3.03. The minimum atomic E-state index is 0.0718. The molecule has 0 aliphatic heterocycles. The fourth-order valence-corrected chi connectivity index (χ4v) is 1.22. The van der Waals surface area contributed by atoms with Gasteiger partial charge in [-0.25, -0.2) is 4.98 Å². The fraction of sp³-hybridized carbons (Fsp3) is 0.400. The molecule has 0 saturated carbocycles. The number of nitrogens with zero attached hydrogens (tertiary/aromatic N) is 3. The first-order chi connectivity index (χ1) is 7.31. The van der Waals surface area contributed by atoms with E-state index < -0.39 is 0 Å². The first kappa shape index (κ1) is 11.6. The fourth-order valence-electron chi connectivity index (χ4n) is 1.22. The van der Waals surface area contributed by atoms with Crippen LogP contribution in [0.1, 0.15) is 5.69 Å². The third kappa shape index (κ3) is 3.30. The Morgan fingerprint density at radius 1 is 1.53 bits per heavy atom. The molecule has 3 N–H and O–H groups in total. The molecule has 0 aromatic carbocycles. The van der Waals surface area contributed by atoms with E-state index in [1.54, 1.807) is 18.5 Å². The molecule has 0 bridgehead atoms. The maximum Gasteiger partial charge on any atom is 0.147 e. The molecular formula is C10H16N4O. The molecule has 0 fully saturated rings. The van der Waals surface area contributed by atoms with Gasteiger partial charge in [-0.2, -0.15) is 0 Å². The lowest BCUT2D eigenvalue weighted by Gasteiger charge is -2.20. The van der Waals surface area contributed by atoms with Crippen LogP contribution in [0.2, 0.25) is 0 Å². The summed E-state index contributed by atoms with van der Waals surface area (Å²) in [5.74, 6) is 0.715. The maximum atomic E-state index is 8.90. The van der Waals surface area contributed by atoms with E-state index in [4.69, 9.17) is 10.8 Å². The molecule has 1 aromatic rings. The molecule has 0 aliphatic rings. The van der Waals surface area contributed by atoms with Crippen molar-refractivity contribution >= 4 is 5.82 Å². The van der Waals surface area contributed by atoms with Crippen molar-refractivity contribution in [3.8, 4) is 0 Å². The molecule has 15 heavy (non-hydrogen) atoms. The highest BCUT2D eigenvalue weighted by Gasteiger charge is 2.06. The Balaban J connectivity index is 2.83. The molecule has 82 valence electrons. The van der Waals surface area contributed by atoms with Crippen LogP contribution in [0.5, 0.6) is 0 Å². The molecule has 0 aliphatic carbocycles. The number of aliphatic hydroxyl groups excluding tert-OH is 1. The van der Waals surface area contributed by atoms with Crippen LogP contribution < -0.4 is 10.6 Å². The summed E-state index contributed by atoms with van der Waals surface area (Å²) in [7, 11) is 0. The first-order valence-electron chi connectivity index (χ1n) is 4.79. The van der Waals surface area contributed by atoms with Crippen molar-refractivity contribution in [2.45, 2.75) is 6.54 Å². The zero-order valence-electron chi connectivity index (χ0n) is 8.63. The van der Waals surface area contributed by atoms with Crippen LogP contribution in [-0.4, -0.2) is 34.8 Å². The van der Waals surface area contributed by atoms with E-state index in [2.05, 4.69) is 16.5 Å². The molecule has 0 radical (unpaired) electrons. The van der Waals surface area contributed by atoms with Gasteiger partial charge < -0.3 is 15.7 Å². The molecule has 0 amide bonds. The van der Waals surface area contributed by atoms with Crippen molar-refractivity contribution in [1.29, 1.82) is 0 Å². The summed E-state index contributed by atoms with van der Waals surface area (Å²) in [5.41, 5.74) is 6.21. The second-order valence-corrected chi connectivity index (χ2v) is 3.03. The molecule has 1 heterocycles. The Morgan fingerprint density at radius 3 is 2.93 bits per heavy atom. The predicted octanol–water partition coefficient (Wildman–Crippen LogP) is -0.0800. The Morgan fingerprint density at radius 2 is 2.33 bits per heavy atom. The van der Waals surface area contributed by atoms with Crippen molar-refractivity contribution in [3.63, 3.8) is 0 Å². The number of rotatable bonds is 6. The van der Waals surface area contributed by atoms with Gasteiger partial charge >= 0.3 is 0 Å². The average Bonchev–Trinajstić information content (AvgIpc) is 2.29. The van der Waals surface area contributed by atoms with Crippen molar-refractivity contribution in [1.82, 2.24) is 9.97 Å². The van der Waals surface area contributed by atoms with Crippen LogP contribution in [0.15, 0.2) is 25.0 Å². The van der Waals surface area contributed by atoms with E-state index in [0.717, 1.165) is 5.69 Å². The number of aliphatic hydroxyl groups is 1. The van der Waals surface area contributed by atoms with Crippen LogP contribution in [0, 0.1) is 0 Å². The van der Waals surface area contributed by atoms with Gasteiger partial charge in [0, 0.05) is 25.8 Å². The van der Waals surface area contributed by atoms with E-state index in [-0.39, 0.29) is 6.61 Å². The molecular weight excluding hydrogens is 192 g/mol. The Kier molecular flexibility index (Phi) is 4.73. The number of nitrogens with two attached hydrogens (primary N) is 1. The molecule has 0 unspecified atom stereocenters. The van der Waals surface area contributed by atoms with E-state index in [9.17, 15) is 0 Å². The van der Waals surface area contributed by atoms with Gasteiger partial charge in [0.25, 0.3) is 0 Å². The van der Waals surface area contributed by atoms with Crippen molar-refractivity contribution in [2.24, 2.45) is 5.73 Å². The monoisotopic (exact) mass is 208 g/mol. The molecule has 5 heteroatoms. The summed E-state index contributed by atoms with van der Waals surface area (Å²) in [4.78, 5) is 10.2. The van der Waals surface area contributed by atoms with Crippen molar-refractivity contribution in [2.75, 3.05) is 24.6 Å². The predicted molar refractivity (Wildman–Crippen MR) is 59.4 cm³/mol. The number of anilines is 1. The summed E-state index contributed by atoms with van der Waals surface area (Å²) in [6.45, 7) is 5.23. The van der Waals surface area contributed by atoms with Crippen molar-refractivity contribution in [3.05, 3.63) is 30.7 Å². The lowest BCUT2D eigenvalue weighted by atomic mass is 10.4. The normalized spacial score (nSPS) is 10.0. The summed E-state index contributed by atoms with van der Waals surface area (Å²) >= 11 is 0. The standard InChI is InChI=1S/C10H16N4O/c1-2-3-14(4-5-15)10-8-12-7-9(6-11)13-10/h2,7-8,15H,1,3-6,11H2. The van der Waals surface area contributed by atoms with Crippen LogP contribution in [-0.2, 0) is 6.54 Å². The lowest BCUT2D eigenvalue weighted by molar-refractivity contribution is 0.302. The summed E-state index contributed by atoms with van der Waals surface area (Å²) < 4.78 is 0. The lowest BCUT2D eigenvalue weighted by Crippen LogP contribution is -2.28. The van der Waals surface area contributed by atoms with Crippen LogP contribution in [0.25, 0.3) is 0 Å². The maximum absolute atomic E-state index is 8.90. The van der Waals surface area contributed by atoms with Gasteiger partial charge in [0.15, 0.2) is 0 Å². The highest BCUT2D eigenvalue weighted by Crippen LogP contribution is 2.08. The largest absolute Gasteiger partial charge is 0.395 e. The molecule has 1 rings (SSSR count). The quantitative estimate of drug-likeness (QED) is 0.639. The van der Waals surface area contributed by atoms with E-state index >= 15 is 0 Å².